The summed E-state index contributed by atoms with van der Waals surface area (Å²) in [6.07, 6.45) is 0. The minimum Gasteiger partial charge on any atom is -0.390 e. The molecular formula is C9H11NO2. The molecular weight excluding hydrogens is 154 g/mol. The lowest BCUT2D eigenvalue weighted by molar-refractivity contribution is 0.319. The zero-order valence-electron chi connectivity index (χ0n) is 6.64. The van der Waals surface area contributed by atoms with Gasteiger partial charge in [-0.25, -0.2) is 0 Å². The molecule has 1 aromatic rings. The van der Waals surface area contributed by atoms with Gasteiger partial charge in [0.25, 0.3) is 0 Å². The minimum absolute atomic E-state index is 0.203. The molecule has 0 aliphatic heterocycles. The molecule has 0 aliphatic rings. The third kappa shape index (κ3) is 2.45. The van der Waals surface area contributed by atoms with E-state index < -0.39 is 0 Å². The molecule has 0 unspecified atom stereocenters. The van der Waals surface area contributed by atoms with Crippen molar-refractivity contribution in [1.82, 2.24) is 0 Å². The van der Waals surface area contributed by atoms with E-state index in [9.17, 15) is 0 Å². The molecule has 12 heavy (non-hydrogen) atoms. The van der Waals surface area contributed by atoms with Crippen molar-refractivity contribution in [2.24, 2.45) is 4.99 Å². The van der Waals surface area contributed by atoms with E-state index in [0.717, 1.165) is 5.69 Å². The molecule has 0 aromatic heterocycles. The Morgan fingerprint density at radius 3 is 2.17 bits per heavy atom. The fraction of sp³-hybridized carbons (Fsp3) is 0.222. The van der Waals surface area contributed by atoms with E-state index in [2.05, 4.69) is 4.99 Å². The summed E-state index contributed by atoms with van der Waals surface area (Å²) in [5.74, 6) is 0. The highest BCUT2D eigenvalue weighted by Gasteiger charge is 1.93. The molecule has 0 heterocycles. The van der Waals surface area contributed by atoms with Crippen LogP contribution in [0.15, 0.2) is 35.3 Å². The van der Waals surface area contributed by atoms with Crippen molar-refractivity contribution < 1.29 is 10.2 Å². The number of hydrogen-bond acceptors (Lipinski definition) is 3. The lowest BCUT2D eigenvalue weighted by Gasteiger charge is -1.97. The first kappa shape index (κ1) is 8.90. The third-order valence-electron chi connectivity index (χ3n) is 1.41. The second kappa shape index (κ2) is 4.64. The van der Waals surface area contributed by atoms with Crippen molar-refractivity contribution in [3.05, 3.63) is 30.3 Å². The molecule has 0 spiro atoms. The SMILES string of the molecule is OCC(CO)=Nc1ccccc1. The number of rotatable bonds is 3. The van der Waals surface area contributed by atoms with E-state index in [1.165, 1.54) is 0 Å². The maximum absolute atomic E-state index is 8.70. The standard InChI is InChI=1S/C9H11NO2/c11-6-9(7-12)10-8-4-2-1-3-5-8/h1-5,11-12H,6-7H2. The summed E-state index contributed by atoms with van der Waals surface area (Å²) in [5, 5.41) is 17.4. The summed E-state index contributed by atoms with van der Waals surface area (Å²) in [5.41, 5.74) is 1.12. The van der Waals surface area contributed by atoms with Gasteiger partial charge in [-0.2, -0.15) is 0 Å². The second-order valence-electron chi connectivity index (χ2n) is 2.33. The van der Waals surface area contributed by atoms with Gasteiger partial charge >= 0.3 is 0 Å². The molecule has 0 bridgehead atoms. The number of benzene rings is 1. The summed E-state index contributed by atoms with van der Waals surface area (Å²) in [6, 6.07) is 9.21. The van der Waals surface area contributed by atoms with Gasteiger partial charge < -0.3 is 10.2 Å². The molecule has 0 saturated carbocycles. The third-order valence-corrected chi connectivity index (χ3v) is 1.41. The van der Waals surface area contributed by atoms with Crippen LogP contribution < -0.4 is 0 Å². The van der Waals surface area contributed by atoms with E-state index in [1.807, 2.05) is 30.3 Å². The Morgan fingerprint density at radius 2 is 1.67 bits per heavy atom. The van der Waals surface area contributed by atoms with Crippen LogP contribution in [0, 0.1) is 0 Å². The highest BCUT2D eigenvalue weighted by molar-refractivity contribution is 5.88. The number of aliphatic hydroxyl groups is 2. The quantitative estimate of drug-likeness (QED) is 0.649. The number of hydrogen-bond donors (Lipinski definition) is 2. The Labute approximate surface area is 71.0 Å². The van der Waals surface area contributed by atoms with Crippen LogP contribution in [0.3, 0.4) is 0 Å². The Morgan fingerprint density at radius 1 is 1.08 bits per heavy atom. The maximum atomic E-state index is 8.70. The predicted molar refractivity (Wildman–Crippen MR) is 47.7 cm³/mol. The summed E-state index contributed by atoms with van der Waals surface area (Å²) < 4.78 is 0. The molecule has 0 fully saturated rings. The van der Waals surface area contributed by atoms with Gasteiger partial charge in [0.2, 0.25) is 0 Å². The minimum atomic E-state index is -0.203. The zero-order valence-corrected chi connectivity index (χ0v) is 6.64. The van der Waals surface area contributed by atoms with E-state index >= 15 is 0 Å². The molecule has 3 nitrogen and oxygen atoms in total. The Bertz CT molecular complexity index is 250. The highest BCUT2D eigenvalue weighted by atomic mass is 16.3. The van der Waals surface area contributed by atoms with Crippen molar-refractivity contribution in [2.45, 2.75) is 0 Å². The van der Waals surface area contributed by atoms with E-state index in [1.54, 1.807) is 0 Å². The maximum Gasteiger partial charge on any atom is 0.0837 e. The lowest BCUT2D eigenvalue weighted by Crippen LogP contribution is -2.08. The smallest absolute Gasteiger partial charge is 0.0837 e. The zero-order chi connectivity index (χ0) is 8.81. The number of nitrogens with zero attached hydrogens (tertiary/aromatic N) is 1. The molecule has 0 aliphatic carbocycles. The largest absolute Gasteiger partial charge is 0.390 e. The monoisotopic (exact) mass is 165 g/mol. The Hall–Kier alpha value is -1.19. The van der Waals surface area contributed by atoms with E-state index in [4.69, 9.17) is 10.2 Å². The Balaban J connectivity index is 2.79. The summed E-state index contributed by atoms with van der Waals surface area (Å²) in [4.78, 5) is 4.01. The number of aliphatic imine (C=N–C) groups is 1. The van der Waals surface area contributed by atoms with Gasteiger partial charge in [-0.3, -0.25) is 4.99 Å². The average molecular weight is 165 g/mol. The van der Waals surface area contributed by atoms with Crippen LogP contribution in [0.25, 0.3) is 0 Å². The highest BCUT2D eigenvalue weighted by Crippen LogP contribution is 2.09. The van der Waals surface area contributed by atoms with Crippen LogP contribution in [0.1, 0.15) is 0 Å². The molecule has 1 rings (SSSR count). The van der Waals surface area contributed by atoms with Gasteiger partial charge in [0, 0.05) is 0 Å². The van der Waals surface area contributed by atoms with Crippen molar-refractivity contribution in [3.8, 4) is 0 Å². The number of aliphatic hydroxyl groups excluding tert-OH is 2. The Kier molecular flexibility index (Phi) is 3.44. The van der Waals surface area contributed by atoms with Gasteiger partial charge in [-0.15, -0.1) is 0 Å². The van der Waals surface area contributed by atoms with Gasteiger partial charge in [-0.05, 0) is 12.1 Å². The molecule has 64 valence electrons. The molecule has 0 atom stereocenters. The topological polar surface area (TPSA) is 52.8 Å². The van der Waals surface area contributed by atoms with Gasteiger partial charge in [-0.1, -0.05) is 18.2 Å². The number of para-hydroxylation sites is 1. The normalized spacial score (nSPS) is 9.50. The average Bonchev–Trinajstić information content (AvgIpc) is 2.16. The van der Waals surface area contributed by atoms with Gasteiger partial charge in [0.15, 0.2) is 0 Å². The van der Waals surface area contributed by atoms with Crippen LogP contribution in [0.5, 0.6) is 0 Å². The van der Waals surface area contributed by atoms with Crippen LogP contribution in [0.2, 0.25) is 0 Å². The van der Waals surface area contributed by atoms with E-state index in [0.29, 0.717) is 5.71 Å². The summed E-state index contributed by atoms with van der Waals surface area (Å²) in [7, 11) is 0. The molecule has 2 N–H and O–H groups in total. The van der Waals surface area contributed by atoms with Gasteiger partial charge in [0.05, 0.1) is 24.6 Å². The lowest BCUT2D eigenvalue weighted by atomic mass is 10.3. The first-order valence-corrected chi connectivity index (χ1v) is 3.70. The first-order chi connectivity index (χ1) is 5.86. The molecule has 0 amide bonds. The summed E-state index contributed by atoms with van der Waals surface area (Å²) in [6.45, 7) is -0.406. The van der Waals surface area contributed by atoms with Crippen molar-refractivity contribution in [1.29, 1.82) is 0 Å². The molecule has 0 radical (unpaired) electrons. The molecule has 1 aromatic carbocycles. The molecule has 3 heteroatoms. The van der Waals surface area contributed by atoms with Crippen LogP contribution >= 0.6 is 0 Å². The fourth-order valence-corrected chi connectivity index (χ4v) is 0.806. The van der Waals surface area contributed by atoms with Crippen LogP contribution in [-0.4, -0.2) is 29.1 Å². The van der Waals surface area contributed by atoms with Crippen molar-refractivity contribution in [2.75, 3.05) is 13.2 Å². The second-order valence-corrected chi connectivity index (χ2v) is 2.33. The summed E-state index contributed by atoms with van der Waals surface area (Å²) >= 11 is 0. The van der Waals surface area contributed by atoms with Crippen LogP contribution in [-0.2, 0) is 0 Å². The van der Waals surface area contributed by atoms with Crippen LogP contribution in [0.4, 0.5) is 5.69 Å². The molecule has 0 saturated heterocycles. The van der Waals surface area contributed by atoms with Gasteiger partial charge in [0.1, 0.15) is 0 Å². The first-order valence-electron chi connectivity index (χ1n) is 3.70. The van der Waals surface area contributed by atoms with E-state index in [-0.39, 0.29) is 13.2 Å². The fourth-order valence-electron chi connectivity index (χ4n) is 0.806. The van der Waals surface area contributed by atoms with Crippen molar-refractivity contribution >= 4 is 11.4 Å². The van der Waals surface area contributed by atoms with Crippen molar-refractivity contribution in [3.63, 3.8) is 0 Å². The predicted octanol–water partition coefficient (Wildman–Crippen LogP) is 0.744.